The molecule has 0 rings (SSSR count). The van der Waals surface area contributed by atoms with E-state index in [2.05, 4.69) is 0 Å². The normalized spacial score (nSPS) is 5.33. The summed E-state index contributed by atoms with van der Waals surface area (Å²) >= 11 is 0. The molecule has 0 radical (unpaired) electrons. The third kappa shape index (κ3) is 2800. The van der Waals surface area contributed by atoms with Crippen LogP contribution in [-0.2, 0) is 81.9 Å². The molecule has 0 N–H and O–H groups in total. The van der Waals surface area contributed by atoms with Crippen molar-refractivity contribution < 1.29 is 112 Å². The standard InChI is InChI=1S/3Cd.6NO3/c;;;6*2-1(3)4/q3*+2;6*-1. The number of hydrogen-bond acceptors (Lipinski definition) is 18. The molecule has 0 spiro atoms. The van der Waals surface area contributed by atoms with Gasteiger partial charge in [-0.25, -0.2) is 0 Å². The molecule has 0 saturated heterocycles. The first-order valence-electron chi connectivity index (χ1n) is 3.29. The number of rotatable bonds is 0. The molecule has 0 aliphatic rings. The van der Waals surface area contributed by atoms with E-state index >= 15 is 0 Å². The second-order valence-electron chi connectivity index (χ2n) is 1.34. The summed E-state index contributed by atoms with van der Waals surface area (Å²) in [5.74, 6) is 0. The van der Waals surface area contributed by atoms with Gasteiger partial charge in [-0.05, 0) is 0 Å². The van der Waals surface area contributed by atoms with Crippen LogP contribution >= 0.6 is 0 Å². The Morgan fingerprint density at radius 1 is 0.259 bits per heavy atom. The van der Waals surface area contributed by atoms with Crippen LogP contribution in [0.1, 0.15) is 0 Å². The molecular formula is Cd3N6O18. The van der Waals surface area contributed by atoms with Gasteiger partial charge in [0, 0.05) is 0 Å². The largest absolute Gasteiger partial charge is 2.00 e. The first kappa shape index (κ1) is 56.3. The van der Waals surface area contributed by atoms with Gasteiger partial charge in [-0.2, -0.15) is 0 Å². The van der Waals surface area contributed by atoms with Gasteiger partial charge in [-0.1, -0.05) is 0 Å². The summed E-state index contributed by atoms with van der Waals surface area (Å²) in [6, 6.07) is 0. The second-order valence-corrected chi connectivity index (χ2v) is 1.34. The van der Waals surface area contributed by atoms with E-state index in [-0.39, 0.29) is 81.9 Å². The fourth-order valence-electron chi connectivity index (χ4n) is 0. The van der Waals surface area contributed by atoms with Crippen LogP contribution in [0.3, 0.4) is 0 Å². The third-order valence-electron chi connectivity index (χ3n) is 0. The Balaban J connectivity index is -0.0000000201. The van der Waals surface area contributed by atoms with Crippen LogP contribution in [0.25, 0.3) is 0 Å². The van der Waals surface area contributed by atoms with Gasteiger partial charge in [0.05, 0.1) is 30.5 Å². The van der Waals surface area contributed by atoms with Crippen LogP contribution in [0.2, 0.25) is 0 Å². The third-order valence-corrected chi connectivity index (χ3v) is 0. The summed E-state index contributed by atoms with van der Waals surface area (Å²) in [5.41, 5.74) is 0. The van der Waals surface area contributed by atoms with Crippen LogP contribution < -0.4 is 0 Å². The Hall–Kier alpha value is -2.03. The molecule has 0 heterocycles. The monoisotopic (exact) mass is 714 g/mol. The molecular weight excluding hydrogens is 709 g/mol. The van der Waals surface area contributed by atoms with Crippen molar-refractivity contribution in [2.75, 3.05) is 0 Å². The topological polar surface area (TPSA) is 397 Å². The van der Waals surface area contributed by atoms with E-state index in [0.717, 1.165) is 0 Å². The van der Waals surface area contributed by atoms with Gasteiger partial charge in [0.1, 0.15) is 0 Å². The first-order chi connectivity index (χ1) is 10.4. The van der Waals surface area contributed by atoms with Gasteiger partial charge >= 0.3 is 81.9 Å². The minimum absolute atomic E-state index is 0. The van der Waals surface area contributed by atoms with E-state index < -0.39 is 30.5 Å². The SMILES string of the molecule is O=[N+]([O-])[O-].O=[N+]([O-])[O-].O=[N+]([O-])[O-].O=[N+]([O-])[O-].O=[N+]([O-])[O-].O=[N+]([O-])[O-].[Cd+2].[Cd+2].[Cd+2]. The summed E-state index contributed by atoms with van der Waals surface area (Å²) < 4.78 is 0. The summed E-state index contributed by atoms with van der Waals surface area (Å²) in [7, 11) is 0. The Kier molecular flexibility index (Phi) is 103. The summed E-state index contributed by atoms with van der Waals surface area (Å²) in [4.78, 5) is 49.5. The van der Waals surface area contributed by atoms with Gasteiger partial charge in [0.2, 0.25) is 0 Å². The van der Waals surface area contributed by atoms with Gasteiger partial charge in [0.25, 0.3) is 0 Å². The second kappa shape index (κ2) is 49.6. The fraction of sp³-hybridized carbons (Fsp3) is 0. The van der Waals surface area contributed by atoms with Crippen molar-refractivity contribution in [1.82, 2.24) is 0 Å². The van der Waals surface area contributed by atoms with Crippen LogP contribution in [0.15, 0.2) is 0 Å². The molecule has 0 aromatic carbocycles. The maximum absolute atomic E-state index is 8.25. The Morgan fingerprint density at radius 3 is 0.259 bits per heavy atom. The van der Waals surface area contributed by atoms with E-state index in [9.17, 15) is 0 Å². The predicted molar refractivity (Wildman–Crippen MR) is 62.2 cm³/mol. The van der Waals surface area contributed by atoms with Crippen molar-refractivity contribution in [3.05, 3.63) is 91.9 Å². The van der Waals surface area contributed by atoms with Crippen molar-refractivity contribution >= 4 is 0 Å². The van der Waals surface area contributed by atoms with E-state index in [1.807, 2.05) is 0 Å². The van der Waals surface area contributed by atoms with E-state index in [0.29, 0.717) is 0 Å². The summed E-state index contributed by atoms with van der Waals surface area (Å²) in [5, 5.41) is 88.5. The van der Waals surface area contributed by atoms with Crippen molar-refractivity contribution in [1.29, 1.82) is 0 Å². The molecule has 0 aliphatic heterocycles. The maximum Gasteiger partial charge on any atom is 2.00 e. The van der Waals surface area contributed by atoms with Gasteiger partial charge < -0.3 is 91.9 Å². The zero-order valence-electron chi connectivity index (χ0n) is 12.2. The van der Waals surface area contributed by atoms with Crippen LogP contribution in [-0.4, -0.2) is 30.5 Å². The molecule has 0 amide bonds. The zero-order valence-corrected chi connectivity index (χ0v) is 24.3. The quantitative estimate of drug-likeness (QED) is 0.158. The smallest absolute Gasteiger partial charge is 0.356 e. The van der Waals surface area contributed by atoms with E-state index in [1.165, 1.54) is 0 Å². The average molecular weight is 709 g/mol. The summed E-state index contributed by atoms with van der Waals surface area (Å²) in [6.45, 7) is 0. The molecule has 27 heavy (non-hydrogen) atoms. The minimum atomic E-state index is -1.75. The van der Waals surface area contributed by atoms with Crippen molar-refractivity contribution in [2.24, 2.45) is 0 Å². The Labute approximate surface area is 203 Å². The molecule has 0 bridgehead atoms. The molecule has 27 heteroatoms. The molecule has 0 saturated carbocycles. The van der Waals surface area contributed by atoms with E-state index in [1.54, 1.807) is 0 Å². The number of nitrogens with zero attached hydrogens (tertiary/aromatic N) is 6. The fourth-order valence-corrected chi connectivity index (χ4v) is 0. The maximum atomic E-state index is 8.25. The predicted octanol–water partition coefficient (Wildman–Crippen LogP) is -1.44. The molecule has 0 unspecified atom stereocenters. The molecule has 0 atom stereocenters. The first-order valence-corrected chi connectivity index (χ1v) is 3.29. The molecule has 24 nitrogen and oxygen atoms in total. The van der Waals surface area contributed by atoms with Gasteiger partial charge in [-0.3, -0.25) is 0 Å². The van der Waals surface area contributed by atoms with Crippen LogP contribution in [0.5, 0.6) is 0 Å². The molecule has 0 fully saturated rings. The van der Waals surface area contributed by atoms with Crippen LogP contribution in [0, 0.1) is 91.9 Å². The summed E-state index contributed by atoms with van der Waals surface area (Å²) in [6.07, 6.45) is 0. The minimum Gasteiger partial charge on any atom is -0.356 e. The van der Waals surface area contributed by atoms with Gasteiger partial charge in [-0.15, -0.1) is 0 Å². The van der Waals surface area contributed by atoms with E-state index in [4.69, 9.17) is 91.9 Å². The zero-order chi connectivity index (χ0) is 21.5. The molecule has 0 aromatic heterocycles. The van der Waals surface area contributed by atoms with Gasteiger partial charge in [0.15, 0.2) is 0 Å². The van der Waals surface area contributed by atoms with Crippen molar-refractivity contribution in [3.63, 3.8) is 0 Å². The molecule has 144 valence electrons. The van der Waals surface area contributed by atoms with Crippen molar-refractivity contribution in [2.45, 2.75) is 0 Å². The molecule has 0 aromatic rings. The van der Waals surface area contributed by atoms with Crippen molar-refractivity contribution in [3.8, 4) is 0 Å². The number of hydrogen-bond donors (Lipinski definition) is 0. The van der Waals surface area contributed by atoms with Crippen LogP contribution in [0.4, 0.5) is 0 Å². The molecule has 0 aliphatic carbocycles. The average Bonchev–Trinajstić information content (AvgIpc) is 2.08. The Morgan fingerprint density at radius 2 is 0.259 bits per heavy atom. The Bertz CT molecular complexity index is 264.